The van der Waals surface area contributed by atoms with Crippen molar-refractivity contribution in [1.29, 1.82) is 0 Å². The minimum absolute atomic E-state index is 0.0334. The number of carbonyl (C=O) groups is 1. The van der Waals surface area contributed by atoms with Gasteiger partial charge in [-0.15, -0.1) is 0 Å². The first kappa shape index (κ1) is 24.1. The van der Waals surface area contributed by atoms with Crippen LogP contribution in [0.15, 0.2) is 39.4 Å². The zero-order valence-electron chi connectivity index (χ0n) is 17.0. The van der Waals surface area contributed by atoms with Gasteiger partial charge in [-0.3, -0.25) is 4.79 Å². The number of nitrogens with one attached hydrogen (secondary N) is 2. The molecule has 0 unspecified atom stereocenters. The molecule has 32 heavy (non-hydrogen) atoms. The van der Waals surface area contributed by atoms with Gasteiger partial charge in [-0.05, 0) is 45.7 Å². The highest BCUT2D eigenvalue weighted by molar-refractivity contribution is 9.10. The first-order valence-corrected chi connectivity index (χ1v) is 10.9. The summed E-state index contributed by atoms with van der Waals surface area (Å²) < 4.78 is 16.6. The Kier molecular flexibility index (Phi) is 8.57. The van der Waals surface area contributed by atoms with Crippen LogP contribution in [0.1, 0.15) is 21.6 Å². The zero-order chi connectivity index (χ0) is 23.1. The Morgan fingerprint density at radius 3 is 2.66 bits per heavy atom. The topological polar surface area (TPSA) is 125 Å². The summed E-state index contributed by atoms with van der Waals surface area (Å²) in [5, 5.41) is 13.7. The lowest BCUT2D eigenvalue weighted by atomic mass is 10.2. The summed E-state index contributed by atoms with van der Waals surface area (Å²) in [6.07, 6.45) is 0. The molecular weight excluding hydrogens is 525 g/mol. The summed E-state index contributed by atoms with van der Waals surface area (Å²) in [4.78, 5) is 11.9. The fourth-order valence-corrected chi connectivity index (χ4v) is 3.48. The molecule has 1 aromatic heterocycles. The molecule has 0 aliphatic carbocycles. The first-order chi connectivity index (χ1) is 15.4. The summed E-state index contributed by atoms with van der Waals surface area (Å²) in [7, 11) is 1.58. The molecule has 0 saturated heterocycles. The molecule has 0 saturated carbocycles. The van der Waals surface area contributed by atoms with Crippen LogP contribution in [-0.2, 0) is 13.2 Å². The van der Waals surface area contributed by atoms with Crippen LogP contribution in [0.2, 0.25) is 10.0 Å². The summed E-state index contributed by atoms with van der Waals surface area (Å²) in [6, 6.07) is 9.05. The van der Waals surface area contributed by atoms with Crippen molar-refractivity contribution in [2.24, 2.45) is 0 Å². The molecule has 4 N–H and O–H groups in total. The number of hydrogen-bond donors (Lipinski definition) is 3. The van der Waals surface area contributed by atoms with Gasteiger partial charge >= 0.3 is 0 Å². The Labute approximate surface area is 202 Å². The van der Waals surface area contributed by atoms with Gasteiger partial charge in [0, 0.05) is 24.1 Å². The van der Waals surface area contributed by atoms with Gasteiger partial charge in [0.1, 0.15) is 6.61 Å². The number of amides is 1. The molecule has 0 atom stereocenters. The van der Waals surface area contributed by atoms with Crippen molar-refractivity contribution in [2.45, 2.75) is 13.2 Å². The number of carbonyl (C=O) groups excluding carboxylic acids is 1. The molecule has 0 bridgehead atoms. The van der Waals surface area contributed by atoms with Crippen LogP contribution >= 0.6 is 39.1 Å². The second-order valence-corrected chi connectivity index (χ2v) is 8.23. The first-order valence-electron chi connectivity index (χ1n) is 9.39. The van der Waals surface area contributed by atoms with Gasteiger partial charge in [-0.25, -0.2) is 4.63 Å². The molecule has 1 heterocycles. The van der Waals surface area contributed by atoms with E-state index in [1.807, 2.05) is 18.2 Å². The zero-order valence-corrected chi connectivity index (χ0v) is 20.1. The van der Waals surface area contributed by atoms with Crippen molar-refractivity contribution in [3.63, 3.8) is 0 Å². The molecule has 2 aromatic carbocycles. The number of nitrogens with zero attached hydrogens (tertiary/aromatic N) is 2. The van der Waals surface area contributed by atoms with Crippen molar-refractivity contribution in [3.05, 3.63) is 61.7 Å². The van der Waals surface area contributed by atoms with E-state index in [4.69, 9.17) is 38.4 Å². The molecule has 0 aliphatic heterocycles. The van der Waals surface area contributed by atoms with E-state index in [9.17, 15) is 4.79 Å². The van der Waals surface area contributed by atoms with Crippen LogP contribution in [0, 0.1) is 0 Å². The number of anilines is 1. The molecule has 3 rings (SSSR count). The summed E-state index contributed by atoms with van der Waals surface area (Å²) >= 11 is 15.6. The molecule has 1 amide bonds. The number of ether oxygens (including phenoxy) is 2. The van der Waals surface area contributed by atoms with Crippen molar-refractivity contribution in [3.8, 4) is 11.5 Å². The average molecular weight is 545 g/mol. The highest BCUT2D eigenvalue weighted by Crippen LogP contribution is 2.34. The van der Waals surface area contributed by atoms with Crippen molar-refractivity contribution >= 4 is 50.9 Å². The Morgan fingerprint density at radius 2 is 1.97 bits per heavy atom. The Balaban J connectivity index is 1.52. The molecule has 0 aliphatic rings. The molecule has 0 fully saturated rings. The molecule has 0 radical (unpaired) electrons. The molecule has 170 valence electrons. The average Bonchev–Trinajstić information content (AvgIpc) is 3.21. The van der Waals surface area contributed by atoms with Crippen LogP contribution in [0.3, 0.4) is 0 Å². The summed E-state index contributed by atoms with van der Waals surface area (Å²) in [5.74, 6) is 0.678. The summed E-state index contributed by atoms with van der Waals surface area (Å²) in [6.45, 7) is 1.72. The number of halogens is 3. The largest absolute Gasteiger partial charge is 0.493 e. The van der Waals surface area contributed by atoms with Crippen molar-refractivity contribution in [1.82, 2.24) is 20.9 Å². The van der Waals surface area contributed by atoms with E-state index >= 15 is 0 Å². The predicted molar refractivity (Wildman–Crippen MR) is 124 cm³/mol. The number of aromatic nitrogens is 2. The van der Waals surface area contributed by atoms with E-state index in [0.717, 1.165) is 15.6 Å². The van der Waals surface area contributed by atoms with Crippen LogP contribution in [-0.4, -0.2) is 36.4 Å². The number of benzene rings is 2. The lowest BCUT2D eigenvalue weighted by Gasteiger charge is -2.15. The fourth-order valence-electron chi connectivity index (χ4n) is 2.70. The van der Waals surface area contributed by atoms with E-state index in [-0.39, 0.29) is 11.5 Å². The second-order valence-electron chi connectivity index (χ2n) is 6.56. The smallest absolute Gasteiger partial charge is 0.277 e. The minimum atomic E-state index is -0.447. The molecule has 3 aromatic rings. The van der Waals surface area contributed by atoms with Crippen LogP contribution in [0.4, 0.5) is 5.82 Å². The van der Waals surface area contributed by atoms with Crippen LogP contribution in [0.5, 0.6) is 11.5 Å². The number of rotatable bonds is 10. The maximum Gasteiger partial charge on any atom is 0.277 e. The van der Waals surface area contributed by atoms with Crippen molar-refractivity contribution < 1.29 is 18.9 Å². The number of methoxy groups -OCH3 is 1. The Hall–Kier alpha value is -2.53. The lowest BCUT2D eigenvalue weighted by Crippen LogP contribution is -2.32. The monoisotopic (exact) mass is 543 g/mol. The fraction of sp³-hybridized carbons (Fsp3) is 0.250. The lowest BCUT2D eigenvalue weighted by molar-refractivity contribution is 0.0944. The molecule has 0 spiro atoms. The molecule has 9 nitrogen and oxygen atoms in total. The van der Waals surface area contributed by atoms with Gasteiger partial charge in [0.05, 0.1) is 17.2 Å². The third kappa shape index (κ3) is 6.26. The molecular formula is C20H20BrCl2N5O4. The molecule has 12 heteroatoms. The van der Waals surface area contributed by atoms with E-state index in [0.29, 0.717) is 47.8 Å². The highest BCUT2D eigenvalue weighted by atomic mass is 79.9. The second kappa shape index (κ2) is 11.4. The van der Waals surface area contributed by atoms with Gasteiger partial charge < -0.3 is 25.8 Å². The van der Waals surface area contributed by atoms with Crippen molar-refractivity contribution in [2.75, 3.05) is 25.9 Å². The number of hydrogen-bond acceptors (Lipinski definition) is 8. The van der Waals surface area contributed by atoms with Crippen LogP contribution in [0.25, 0.3) is 0 Å². The van der Waals surface area contributed by atoms with Gasteiger partial charge in [-0.1, -0.05) is 45.2 Å². The van der Waals surface area contributed by atoms with Gasteiger partial charge in [-0.2, -0.15) is 0 Å². The Morgan fingerprint density at radius 1 is 1.16 bits per heavy atom. The minimum Gasteiger partial charge on any atom is -0.493 e. The number of nitrogens with two attached hydrogens (primary N) is 1. The van der Waals surface area contributed by atoms with Crippen LogP contribution < -0.4 is 25.8 Å². The maximum atomic E-state index is 11.9. The normalized spacial score (nSPS) is 10.8. The van der Waals surface area contributed by atoms with Gasteiger partial charge in [0.25, 0.3) is 5.91 Å². The quantitative estimate of drug-likeness (QED) is 0.329. The summed E-state index contributed by atoms with van der Waals surface area (Å²) in [5.41, 5.74) is 7.30. The predicted octanol–water partition coefficient (Wildman–Crippen LogP) is 3.83. The van der Waals surface area contributed by atoms with E-state index in [2.05, 4.69) is 41.5 Å². The third-order valence-electron chi connectivity index (χ3n) is 4.34. The van der Waals surface area contributed by atoms with E-state index < -0.39 is 5.91 Å². The SMILES string of the molecule is COc1cc(CNCCNC(=O)c2nonc2N)c(Br)cc1OCc1ccc(Cl)c(Cl)c1. The third-order valence-corrected chi connectivity index (χ3v) is 5.82. The van der Waals surface area contributed by atoms with Gasteiger partial charge in [0.2, 0.25) is 11.5 Å². The van der Waals surface area contributed by atoms with Gasteiger partial charge in [0.15, 0.2) is 11.5 Å². The number of nitrogen functional groups attached to an aromatic ring is 1. The highest BCUT2D eigenvalue weighted by Gasteiger charge is 2.15. The van der Waals surface area contributed by atoms with E-state index in [1.165, 1.54) is 0 Å². The Bertz CT molecular complexity index is 1100. The van der Waals surface area contributed by atoms with E-state index in [1.54, 1.807) is 19.2 Å². The maximum absolute atomic E-state index is 11.9. The standard InChI is InChI=1S/C20H20BrCl2N5O4/c1-30-16-7-12(9-25-4-5-26-20(29)18-19(24)28-32-27-18)13(21)8-17(16)31-10-11-2-3-14(22)15(23)6-11/h2-3,6-8,25H,4-5,9-10H2,1H3,(H2,24,28)(H,26,29).